The Bertz CT molecular complexity index is 1440. The fraction of sp³-hybridized carbons (Fsp3) is 0.258. The number of carbonyl (C=O) groups excluding carboxylic acids is 3. The number of anilines is 3. The molecule has 8 nitrogen and oxygen atoms in total. The van der Waals surface area contributed by atoms with Gasteiger partial charge in [0.1, 0.15) is 11.5 Å². The van der Waals surface area contributed by atoms with Crippen molar-refractivity contribution in [1.29, 1.82) is 0 Å². The number of amides is 2. The molecule has 1 saturated heterocycles. The topological polar surface area (TPSA) is 99.2 Å². The minimum atomic E-state index is -0.884. The fourth-order valence-electron chi connectivity index (χ4n) is 4.63. The Kier molecular flexibility index (Phi) is 8.04. The molecule has 1 fully saturated rings. The minimum Gasteiger partial charge on any atom is -0.507 e. The standard InChI is InChI=1S/C31H33N3O5/c1-6-16-39-26-15-12-22(17-19(26)2)29(36)27-28(21-10-13-24(14-11-21)33(4)5)34(31(38)30(27)37)25-9-7-8-23(18-25)32-20(3)35/h7-15,17-18,28,36H,6,16H2,1-5H3,(H,32,35)/b29-27+. The highest BCUT2D eigenvalue weighted by molar-refractivity contribution is 6.51. The highest BCUT2D eigenvalue weighted by Gasteiger charge is 2.47. The maximum absolute atomic E-state index is 13.5. The smallest absolute Gasteiger partial charge is 0.300 e. The Labute approximate surface area is 228 Å². The lowest BCUT2D eigenvalue weighted by molar-refractivity contribution is -0.132. The molecule has 2 N–H and O–H groups in total. The van der Waals surface area contributed by atoms with Gasteiger partial charge >= 0.3 is 0 Å². The van der Waals surface area contributed by atoms with Crippen molar-refractivity contribution in [1.82, 2.24) is 0 Å². The fourth-order valence-corrected chi connectivity index (χ4v) is 4.63. The third kappa shape index (κ3) is 5.65. The van der Waals surface area contributed by atoms with Crippen molar-refractivity contribution in [3.63, 3.8) is 0 Å². The van der Waals surface area contributed by atoms with Gasteiger partial charge < -0.3 is 20.1 Å². The van der Waals surface area contributed by atoms with Gasteiger partial charge in [0.05, 0.1) is 18.2 Å². The van der Waals surface area contributed by atoms with Crippen LogP contribution in [-0.4, -0.2) is 43.4 Å². The van der Waals surface area contributed by atoms with Crippen molar-refractivity contribution in [3.05, 3.63) is 89.0 Å². The Morgan fingerprint density at radius 3 is 2.38 bits per heavy atom. The highest BCUT2D eigenvalue weighted by Crippen LogP contribution is 2.43. The van der Waals surface area contributed by atoms with Crippen molar-refractivity contribution < 1.29 is 24.2 Å². The molecule has 1 unspecified atom stereocenters. The quantitative estimate of drug-likeness (QED) is 0.230. The summed E-state index contributed by atoms with van der Waals surface area (Å²) in [5, 5.41) is 14.2. The number of carbonyl (C=O) groups is 3. The SMILES string of the molecule is CCCOc1ccc(/C(O)=C2\C(=O)C(=O)N(c3cccc(NC(C)=O)c3)C2c2ccc(N(C)C)cc2)cc1C. The summed E-state index contributed by atoms with van der Waals surface area (Å²) >= 11 is 0. The van der Waals surface area contributed by atoms with Crippen molar-refractivity contribution >= 4 is 40.4 Å². The zero-order valence-corrected chi connectivity index (χ0v) is 22.8. The number of aliphatic hydroxyl groups is 1. The van der Waals surface area contributed by atoms with E-state index in [0.717, 1.165) is 17.7 Å². The number of rotatable bonds is 8. The summed E-state index contributed by atoms with van der Waals surface area (Å²) in [6.45, 7) is 5.85. The van der Waals surface area contributed by atoms with Gasteiger partial charge in [-0.2, -0.15) is 0 Å². The zero-order chi connectivity index (χ0) is 28.3. The average molecular weight is 528 g/mol. The number of nitrogens with one attached hydrogen (secondary N) is 1. The van der Waals surface area contributed by atoms with Crippen molar-refractivity contribution in [2.24, 2.45) is 0 Å². The Morgan fingerprint density at radius 1 is 1.05 bits per heavy atom. The van der Waals surface area contributed by atoms with Crippen LogP contribution in [0.2, 0.25) is 0 Å². The zero-order valence-electron chi connectivity index (χ0n) is 22.8. The molecular weight excluding hydrogens is 494 g/mol. The summed E-state index contributed by atoms with van der Waals surface area (Å²) < 4.78 is 5.76. The monoisotopic (exact) mass is 527 g/mol. The Hall–Kier alpha value is -4.59. The van der Waals surface area contributed by atoms with Crippen LogP contribution in [0.4, 0.5) is 17.1 Å². The van der Waals surface area contributed by atoms with Crippen LogP contribution >= 0.6 is 0 Å². The second-order valence-electron chi connectivity index (χ2n) is 9.72. The van der Waals surface area contributed by atoms with Gasteiger partial charge in [-0.25, -0.2) is 0 Å². The number of ketones is 1. The van der Waals surface area contributed by atoms with E-state index in [9.17, 15) is 19.5 Å². The first-order valence-electron chi connectivity index (χ1n) is 12.8. The molecule has 1 heterocycles. The second-order valence-corrected chi connectivity index (χ2v) is 9.72. The summed E-state index contributed by atoms with van der Waals surface area (Å²) in [6.07, 6.45) is 0.861. The molecule has 0 bridgehead atoms. The van der Waals surface area contributed by atoms with Crippen LogP contribution < -0.4 is 19.9 Å². The minimum absolute atomic E-state index is 0.0100. The molecule has 0 radical (unpaired) electrons. The van der Waals surface area contributed by atoms with Crippen molar-refractivity contribution in [2.75, 3.05) is 35.8 Å². The first kappa shape index (κ1) is 27.4. The summed E-state index contributed by atoms with van der Waals surface area (Å²) in [4.78, 5) is 42.0. The molecule has 3 aromatic rings. The number of hydrogen-bond donors (Lipinski definition) is 2. The molecule has 1 aliphatic rings. The van der Waals surface area contributed by atoms with Gasteiger partial charge in [-0.3, -0.25) is 19.3 Å². The molecule has 3 aromatic carbocycles. The van der Waals surface area contributed by atoms with E-state index >= 15 is 0 Å². The van der Waals surface area contributed by atoms with Gasteiger partial charge in [0.25, 0.3) is 11.7 Å². The summed E-state index contributed by atoms with van der Waals surface area (Å²) in [5.41, 5.74) is 3.72. The lowest BCUT2D eigenvalue weighted by atomic mass is 9.94. The molecule has 202 valence electrons. The number of nitrogens with zero attached hydrogens (tertiary/aromatic N) is 2. The third-order valence-corrected chi connectivity index (χ3v) is 6.52. The van der Waals surface area contributed by atoms with Gasteiger partial charge in [-0.05, 0) is 73.0 Å². The molecule has 1 aliphatic heterocycles. The first-order valence-corrected chi connectivity index (χ1v) is 12.8. The largest absolute Gasteiger partial charge is 0.507 e. The van der Waals surface area contributed by atoms with Crippen LogP contribution in [0.15, 0.2) is 72.3 Å². The van der Waals surface area contributed by atoms with E-state index < -0.39 is 17.7 Å². The first-order chi connectivity index (χ1) is 18.6. The molecular formula is C31H33N3O5. The lowest BCUT2D eigenvalue weighted by Crippen LogP contribution is -2.29. The molecule has 0 saturated carbocycles. The number of aryl methyl sites for hydroxylation is 1. The van der Waals surface area contributed by atoms with Gasteiger partial charge in [0.15, 0.2) is 0 Å². The van der Waals surface area contributed by atoms with E-state index in [1.807, 2.05) is 57.1 Å². The predicted octanol–water partition coefficient (Wildman–Crippen LogP) is 5.43. The molecule has 4 rings (SSSR count). The van der Waals surface area contributed by atoms with Crippen LogP contribution in [0.25, 0.3) is 5.76 Å². The maximum atomic E-state index is 13.5. The number of hydrogen-bond acceptors (Lipinski definition) is 6. The van der Waals surface area contributed by atoms with E-state index in [1.54, 1.807) is 42.5 Å². The Morgan fingerprint density at radius 2 is 1.77 bits per heavy atom. The third-order valence-electron chi connectivity index (χ3n) is 6.52. The molecule has 0 aromatic heterocycles. The summed E-state index contributed by atoms with van der Waals surface area (Å²) in [7, 11) is 3.84. The molecule has 39 heavy (non-hydrogen) atoms. The normalized spacial score (nSPS) is 16.3. The van der Waals surface area contributed by atoms with Crippen LogP contribution in [0.3, 0.4) is 0 Å². The Balaban J connectivity index is 1.87. The van der Waals surface area contributed by atoms with Crippen molar-refractivity contribution in [2.45, 2.75) is 33.2 Å². The van der Waals surface area contributed by atoms with Gasteiger partial charge in [-0.1, -0.05) is 25.1 Å². The van der Waals surface area contributed by atoms with Crippen LogP contribution in [0.1, 0.15) is 43.0 Å². The van der Waals surface area contributed by atoms with Crippen molar-refractivity contribution in [3.8, 4) is 5.75 Å². The second kappa shape index (κ2) is 11.4. The number of aliphatic hydroxyl groups excluding tert-OH is 1. The summed E-state index contributed by atoms with van der Waals surface area (Å²) in [5.74, 6) is -1.38. The molecule has 8 heteroatoms. The van der Waals surface area contributed by atoms with E-state index in [-0.39, 0.29) is 17.2 Å². The molecule has 0 spiro atoms. The average Bonchev–Trinajstić information content (AvgIpc) is 3.17. The van der Waals surface area contributed by atoms with Crippen LogP contribution in [0.5, 0.6) is 5.75 Å². The number of benzene rings is 3. The number of Topliss-reactive ketones (excluding diaryl/α,β-unsaturated/α-hetero) is 1. The van der Waals surface area contributed by atoms with E-state index in [0.29, 0.717) is 34.9 Å². The lowest BCUT2D eigenvalue weighted by Gasteiger charge is -2.26. The molecule has 1 atom stereocenters. The van der Waals surface area contributed by atoms with E-state index in [1.165, 1.54) is 11.8 Å². The highest BCUT2D eigenvalue weighted by atomic mass is 16.5. The summed E-state index contributed by atoms with van der Waals surface area (Å²) in [6, 6.07) is 18.5. The van der Waals surface area contributed by atoms with Crippen LogP contribution in [-0.2, 0) is 14.4 Å². The van der Waals surface area contributed by atoms with Crippen LogP contribution in [0, 0.1) is 6.92 Å². The number of ether oxygens (including phenoxy) is 1. The molecule has 2 amide bonds. The predicted molar refractivity (Wildman–Crippen MR) is 153 cm³/mol. The molecule has 0 aliphatic carbocycles. The van der Waals surface area contributed by atoms with E-state index in [2.05, 4.69) is 5.32 Å². The van der Waals surface area contributed by atoms with Gasteiger partial charge in [0.2, 0.25) is 5.91 Å². The maximum Gasteiger partial charge on any atom is 0.300 e. The van der Waals surface area contributed by atoms with E-state index in [4.69, 9.17) is 4.74 Å². The van der Waals surface area contributed by atoms with Gasteiger partial charge in [-0.15, -0.1) is 0 Å². The van der Waals surface area contributed by atoms with Gasteiger partial charge in [0, 0.05) is 43.6 Å².